The fourth-order valence-corrected chi connectivity index (χ4v) is 4.90. The molecule has 2 aromatic rings. The summed E-state index contributed by atoms with van der Waals surface area (Å²) in [5.41, 5.74) is 10.3. The molecule has 0 unspecified atom stereocenters. The highest BCUT2D eigenvalue weighted by atomic mass is 127. The number of pyridine rings is 1. The third-order valence-electron chi connectivity index (χ3n) is 5.76. The first-order valence-electron chi connectivity index (χ1n) is 10.6. The molecule has 0 aliphatic carbocycles. The first-order valence-corrected chi connectivity index (χ1v) is 12.1. The second-order valence-corrected chi connectivity index (χ2v) is 8.39. The quantitative estimate of drug-likeness (QED) is 0.0989. The summed E-state index contributed by atoms with van der Waals surface area (Å²) in [5, 5.41) is 9.32. The van der Waals surface area contributed by atoms with Gasteiger partial charge in [-0.15, -0.1) is 4.91 Å². The van der Waals surface area contributed by atoms with Crippen LogP contribution in [0.5, 0.6) is 0 Å². The van der Waals surface area contributed by atoms with Crippen LogP contribution in [0.4, 0.5) is 23.0 Å². The van der Waals surface area contributed by atoms with Gasteiger partial charge in [-0.1, -0.05) is 33.8 Å². The van der Waals surface area contributed by atoms with Gasteiger partial charge < -0.3 is 15.0 Å². The molecule has 34 heavy (non-hydrogen) atoms. The van der Waals surface area contributed by atoms with E-state index in [1.165, 1.54) is 12.1 Å². The normalized spacial score (nSPS) is 18.1. The maximum absolute atomic E-state index is 13.3. The van der Waals surface area contributed by atoms with Gasteiger partial charge in [0.25, 0.3) is 5.91 Å². The Morgan fingerprint density at radius 1 is 1.29 bits per heavy atom. The highest BCUT2D eigenvalue weighted by molar-refractivity contribution is 14.1. The molecule has 2 amide bonds. The second-order valence-electron chi connectivity index (χ2n) is 7.71. The number of ether oxygens (including phenoxy) is 1. The van der Waals surface area contributed by atoms with E-state index in [1.54, 1.807) is 23.1 Å². The number of hydrogen-bond acceptors (Lipinski definition) is 8. The molecular formula is C21H21IN8O4. The number of aromatic nitrogens is 1. The van der Waals surface area contributed by atoms with Crippen LogP contribution in [-0.2, 0) is 9.53 Å². The van der Waals surface area contributed by atoms with Crippen LogP contribution in [0.25, 0.3) is 10.4 Å². The molecule has 2 aliphatic heterocycles. The molecule has 0 saturated carbocycles. The first kappa shape index (κ1) is 23.9. The number of alkyl halides is 1. The molecule has 0 spiro atoms. The molecule has 12 nitrogen and oxygen atoms in total. The Kier molecular flexibility index (Phi) is 7.55. The van der Waals surface area contributed by atoms with E-state index in [-0.39, 0.29) is 24.1 Å². The molecule has 4 rings (SSSR count). The Balaban J connectivity index is 1.75. The summed E-state index contributed by atoms with van der Waals surface area (Å²) in [4.78, 5) is 46.9. The van der Waals surface area contributed by atoms with Gasteiger partial charge in [0.2, 0.25) is 0 Å². The van der Waals surface area contributed by atoms with Crippen LogP contribution in [-0.4, -0.2) is 53.2 Å². The van der Waals surface area contributed by atoms with E-state index in [0.717, 1.165) is 0 Å². The van der Waals surface area contributed by atoms with Crippen LogP contribution >= 0.6 is 22.6 Å². The van der Waals surface area contributed by atoms with Crippen LogP contribution < -0.4 is 15.1 Å². The van der Waals surface area contributed by atoms with Crippen LogP contribution in [0.2, 0.25) is 0 Å². The zero-order chi connectivity index (χ0) is 24.1. The summed E-state index contributed by atoms with van der Waals surface area (Å²) >= 11 is 2.12. The Hall–Kier alpha value is -3.29. The Labute approximate surface area is 208 Å². The number of fused-ring (bicyclic) bond motifs is 1. The van der Waals surface area contributed by atoms with Gasteiger partial charge in [-0.05, 0) is 48.7 Å². The van der Waals surface area contributed by atoms with Crippen molar-refractivity contribution in [3.8, 4) is 0 Å². The summed E-state index contributed by atoms with van der Waals surface area (Å²) in [5.74, 6) is 0.0959. The molecule has 1 aromatic carbocycles. The van der Waals surface area contributed by atoms with Gasteiger partial charge in [0.05, 0.1) is 16.8 Å². The van der Waals surface area contributed by atoms with Gasteiger partial charge in [0.1, 0.15) is 11.9 Å². The van der Waals surface area contributed by atoms with Crippen molar-refractivity contribution in [2.75, 3.05) is 39.4 Å². The molecular weight excluding hydrogens is 555 g/mol. The molecule has 1 fully saturated rings. The van der Waals surface area contributed by atoms with Crippen molar-refractivity contribution in [1.29, 1.82) is 0 Å². The smallest absolute Gasteiger partial charge is 0.316 e. The molecule has 0 radical (unpaired) electrons. The van der Waals surface area contributed by atoms with Crippen LogP contribution in [0.15, 0.2) is 46.7 Å². The van der Waals surface area contributed by atoms with Crippen molar-refractivity contribution >= 4 is 57.4 Å². The molecule has 13 heteroatoms. The molecule has 1 aromatic heterocycles. The van der Waals surface area contributed by atoms with E-state index >= 15 is 0 Å². The predicted molar refractivity (Wildman–Crippen MR) is 135 cm³/mol. The summed E-state index contributed by atoms with van der Waals surface area (Å²) in [6.45, 7) is 1.12. The Morgan fingerprint density at radius 3 is 2.79 bits per heavy atom. The number of amides is 2. The number of nitrogens with zero attached hydrogens (tertiary/aromatic N) is 7. The lowest BCUT2D eigenvalue weighted by atomic mass is 10.0. The van der Waals surface area contributed by atoms with Gasteiger partial charge in [-0.2, -0.15) is 0 Å². The summed E-state index contributed by atoms with van der Waals surface area (Å²) in [6, 6.07) is 9.29. The van der Waals surface area contributed by atoms with Crippen molar-refractivity contribution in [3.63, 3.8) is 0 Å². The lowest BCUT2D eigenvalue weighted by Crippen LogP contribution is -2.59. The van der Waals surface area contributed by atoms with Crippen LogP contribution in [0, 0.1) is 4.91 Å². The minimum atomic E-state index is -0.857. The number of azide groups is 1. The average Bonchev–Trinajstić information content (AvgIpc) is 2.87. The predicted octanol–water partition coefficient (Wildman–Crippen LogP) is 4.14. The van der Waals surface area contributed by atoms with Gasteiger partial charge in [-0.3, -0.25) is 14.5 Å². The van der Waals surface area contributed by atoms with Crippen LogP contribution in [0.3, 0.4) is 0 Å². The van der Waals surface area contributed by atoms with Crippen LogP contribution in [0.1, 0.15) is 23.2 Å². The van der Waals surface area contributed by atoms with E-state index in [9.17, 15) is 14.5 Å². The fourth-order valence-electron chi connectivity index (χ4n) is 4.20. The fraction of sp³-hybridized carbons (Fsp3) is 0.381. The van der Waals surface area contributed by atoms with E-state index in [2.05, 4.69) is 43.1 Å². The van der Waals surface area contributed by atoms with E-state index in [0.29, 0.717) is 53.6 Å². The molecule has 3 heterocycles. The second kappa shape index (κ2) is 10.8. The standard InChI is InChI=1S/C21H21IN8O4/c22-12-29-16-4-5-18(25-14-3-1-2-13(10-14)20(31)27-33)26-19(16)30(15-6-8-34-9-7-15)17(21(29)32)11-24-28-23/h1-5,10,15,17H,6-9,11-12H2,(H,25,26)/t17-/m1/s1. The van der Waals surface area contributed by atoms with Crippen molar-refractivity contribution in [3.05, 3.63) is 57.3 Å². The number of rotatable bonds is 7. The number of nitroso groups, excluding NO2 is 1. The van der Waals surface area contributed by atoms with E-state index < -0.39 is 11.9 Å². The summed E-state index contributed by atoms with van der Waals surface area (Å²) in [6.07, 6.45) is 1.43. The van der Waals surface area contributed by atoms with Gasteiger partial charge in [0, 0.05) is 40.6 Å². The number of halogens is 1. The number of carbonyl (C=O) groups is 2. The lowest BCUT2D eigenvalue weighted by molar-refractivity contribution is -0.120. The molecule has 0 bridgehead atoms. The summed E-state index contributed by atoms with van der Waals surface area (Å²) < 4.78 is 5.92. The van der Waals surface area contributed by atoms with E-state index in [1.807, 2.05) is 11.0 Å². The highest BCUT2D eigenvalue weighted by Crippen LogP contribution is 2.39. The minimum Gasteiger partial charge on any atom is -0.381 e. The molecule has 2 aliphatic rings. The van der Waals surface area contributed by atoms with Gasteiger partial charge >= 0.3 is 5.91 Å². The maximum atomic E-state index is 13.3. The molecule has 176 valence electrons. The van der Waals surface area contributed by atoms with Gasteiger partial charge in [0.15, 0.2) is 5.82 Å². The third kappa shape index (κ3) is 4.81. The molecule has 1 N–H and O–H groups in total. The largest absolute Gasteiger partial charge is 0.381 e. The highest BCUT2D eigenvalue weighted by Gasteiger charge is 2.42. The zero-order valence-corrected chi connectivity index (χ0v) is 20.2. The van der Waals surface area contributed by atoms with E-state index in [4.69, 9.17) is 15.3 Å². The Morgan fingerprint density at radius 2 is 2.09 bits per heavy atom. The first-order chi connectivity index (χ1) is 16.6. The number of nitrogens with one attached hydrogen (secondary N) is 1. The average molecular weight is 576 g/mol. The molecule has 1 saturated heterocycles. The third-order valence-corrected chi connectivity index (χ3v) is 6.45. The lowest BCUT2D eigenvalue weighted by Gasteiger charge is -2.46. The Bertz CT molecular complexity index is 1150. The number of benzene rings is 1. The van der Waals surface area contributed by atoms with Crippen molar-refractivity contribution in [2.45, 2.75) is 24.9 Å². The van der Waals surface area contributed by atoms with Crippen molar-refractivity contribution < 1.29 is 14.3 Å². The minimum absolute atomic E-state index is 0.00549. The SMILES string of the molecule is [N-]=[N+]=NC[C@@H]1C(=O)N(CI)c2ccc(Nc3cccc(C(=O)N=O)c3)nc2N1C1CCOCC1. The molecule has 1 atom stereocenters. The zero-order valence-electron chi connectivity index (χ0n) is 18.0. The summed E-state index contributed by atoms with van der Waals surface area (Å²) in [7, 11) is 0. The number of hydrogen-bond donors (Lipinski definition) is 1. The van der Waals surface area contributed by atoms with Crippen molar-refractivity contribution in [2.24, 2.45) is 10.3 Å². The van der Waals surface area contributed by atoms with Gasteiger partial charge in [-0.25, -0.2) is 4.98 Å². The number of carbonyl (C=O) groups excluding carboxylic acids is 2. The number of anilines is 4. The monoisotopic (exact) mass is 576 g/mol. The topological polar surface area (TPSA) is 153 Å². The van der Waals surface area contributed by atoms with Crippen molar-refractivity contribution in [1.82, 2.24) is 4.98 Å². The maximum Gasteiger partial charge on any atom is 0.316 e.